The Hall–Kier alpha value is -3.18. The number of benzene rings is 2. The van der Waals surface area contributed by atoms with Crippen molar-refractivity contribution in [1.29, 1.82) is 0 Å². The Bertz CT molecular complexity index is 1320. The second kappa shape index (κ2) is 16.8. The predicted octanol–water partition coefficient (Wildman–Crippen LogP) is 4.68. The number of likely N-dealkylation sites (tertiary alicyclic amines) is 1. The van der Waals surface area contributed by atoms with Crippen LogP contribution < -0.4 is 15.4 Å². The topological polar surface area (TPSA) is 120 Å². The van der Waals surface area contributed by atoms with E-state index in [1.807, 2.05) is 36.1 Å². The fourth-order valence-corrected chi connectivity index (χ4v) is 7.27. The first kappa shape index (κ1) is 36.7. The van der Waals surface area contributed by atoms with Gasteiger partial charge in [0.15, 0.2) is 0 Å². The molecule has 0 aromatic heterocycles. The monoisotopic (exact) mass is 670 g/mol. The second-order valence-electron chi connectivity index (χ2n) is 12.9. The van der Waals surface area contributed by atoms with Crippen molar-refractivity contribution in [3.05, 3.63) is 59.7 Å². The van der Waals surface area contributed by atoms with Crippen molar-refractivity contribution in [3.63, 3.8) is 0 Å². The average Bonchev–Trinajstić information content (AvgIpc) is 3.08. The zero-order valence-electron chi connectivity index (χ0n) is 27.9. The molecule has 3 fully saturated rings. The second-order valence-corrected chi connectivity index (χ2v) is 12.9. The lowest BCUT2D eigenvalue weighted by Crippen LogP contribution is -2.75. The van der Waals surface area contributed by atoms with Crippen LogP contribution in [0.3, 0.4) is 0 Å². The van der Waals surface area contributed by atoms with Crippen LogP contribution in [-0.2, 0) is 20.9 Å². The van der Waals surface area contributed by atoms with E-state index in [0.29, 0.717) is 56.1 Å². The smallest absolute Gasteiger partial charge is 0.251 e. The van der Waals surface area contributed by atoms with Gasteiger partial charge in [0, 0.05) is 45.4 Å². The van der Waals surface area contributed by atoms with Crippen LogP contribution >= 0.6 is 12.4 Å². The van der Waals surface area contributed by atoms with Crippen molar-refractivity contribution in [2.24, 2.45) is 5.92 Å². The van der Waals surface area contributed by atoms with Crippen molar-refractivity contribution >= 4 is 30.1 Å². The van der Waals surface area contributed by atoms with E-state index >= 15 is 0 Å². The Morgan fingerprint density at radius 2 is 1.62 bits per heavy atom. The van der Waals surface area contributed by atoms with Gasteiger partial charge < -0.3 is 30.1 Å². The van der Waals surface area contributed by atoms with E-state index in [-0.39, 0.29) is 42.2 Å². The lowest BCUT2D eigenvalue weighted by Gasteiger charge is -2.52. The summed E-state index contributed by atoms with van der Waals surface area (Å²) < 4.78 is 11.7. The summed E-state index contributed by atoms with van der Waals surface area (Å²) in [6.07, 6.45) is 5.50. The van der Waals surface area contributed by atoms with Crippen LogP contribution in [-0.4, -0.2) is 89.7 Å². The molecule has 5 rings (SSSR count). The number of piperidine rings is 1. The molecular weight excluding hydrogens is 620 g/mol. The number of unbranched alkanes of at least 4 members (excludes halogenated alkanes) is 1. The van der Waals surface area contributed by atoms with E-state index in [4.69, 9.17) is 9.47 Å². The van der Waals surface area contributed by atoms with Gasteiger partial charge in [-0.25, -0.2) is 0 Å². The number of rotatable bonds is 12. The molecule has 3 amide bonds. The van der Waals surface area contributed by atoms with E-state index in [1.54, 1.807) is 31.3 Å². The van der Waals surface area contributed by atoms with Gasteiger partial charge in [-0.1, -0.05) is 25.5 Å². The molecule has 0 unspecified atom stereocenters. The van der Waals surface area contributed by atoms with Crippen LogP contribution in [0.1, 0.15) is 81.1 Å². The summed E-state index contributed by atoms with van der Waals surface area (Å²) >= 11 is 0. The van der Waals surface area contributed by atoms with E-state index in [0.717, 1.165) is 50.6 Å². The number of aliphatic hydroxyl groups is 1. The average molecular weight is 671 g/mol. The van der Waals surface area contributed by atoms with Crippen LogP contribution in [0, 0.1) is 5.92 Å². The van der Waals surface area contributed by atoms with Gasteiger partial charge in [0.25, 0.3) is 5.91 Å². The molecule has 3 N–H and O–H groups in total. The summed E-state index contributed by atoms with van der Waals surface area (Å²) in [4.78, 5) is 43.8. The van der Waals surface area contributed by atoms with E-state index in [1.165, 1.54) is 0 Å². The molecule has 0 radical (unpaired) electrons. The van der Waals surface area contributed by atoms with Crippen LogP contribution in [0.4, 0.5) is 0 Å². The number of hydrogen-bond donors (Lipinski definition) is 3. The first-order valence-corrected chi connectivity index (χ1v) is 17.0. The molecule has 2 aliphatic heterocycles. The Morgan fingerprint density at radius 3 is 2.19 bits per heavy atom. The number of carbonyl (C=O) groups is 3. The molecule has 258 valence electrons. The molecule has 2 saturated heterocycles. The first-order valence-electron chi connectivity index (χ1n) is 17.0. The summed E-state index contributed by atoms with van der Waals surface area (Å²) in [7, 11) is 1.60. The largest absolute Gasteiger partial charge is 0.457 e. The number of aliphatic hydroxyl groups excluding tert-OH is 1. The highest BCUT2D eigenvalue weighted by Gasteiger charge is 2.55. The molecule has 2 aromatic carbocycles. The van der Waals surface area contributed by atoms with Gasteiger partial charge in [-0.15, -0.1) is 12.4 Å². The summed E-state index contributed by atoms with van der Waals surface area (Å²) in [5.74, 6) is 0.925. The normalized spacial score (nSPS) is 23.5. The molecule has 1 aliphatic carbocycles. The van der Waals surface area contributed by atoms with Crippen molar-refractivity contribution < 1.29 is 29.0 Å². The van der Waals surface area contributed by atoms with Gasteiger partial charge in [0.2, 0.25) is 11.8 Å². The molecule has 10 nitrogen and oxygen atoms in total. The summed E-state index contributed by atoms with van der Waals surface area (Å²) in [5, 5.41) is 17.0. The number of halogens is 1. The Kier molecular flexibility index (Phi) is 13.1. The summed E-state index contributed by atoms with van der Waals surface area (Å²) in [6, 6.07) is 14.1. The van der Waals surface area contributed by atoms with Gasteiger partial charge in [0.1, 0.15) is 23.1 Å². The standard InChI is InChI=1S/C36H50N4O6.ClH/c1-4-6-21-40-34(43)31(32(41)26-9-15-28(16-10-26)45-5-2)38-35(44)36(40)19-22-39(23-20-36)24-25-7-13-29(14-8-25)46-30-17-11-27(12-18-30)33(42)37-3;/h7-8,11-14,17-18,26,28,31-32,41H,4-6,9-10,15-16,19-24H2,1-3H3,(H,37,42)(H,38,44);1H/t26-,28-,31-,32-;/m1./s1. The summed E-state index contributed by atoms with van der Waals surface area (Å²) in [6.45, 7) is 7.40. The molecule has 11 heteroatoms. The van der Waals surface area contributed by atoms with Gasteiger partial charge in [0.05, 0.1) is 12.2 Å². The lowest BCUT2D eigenvalue weighted by molar-refractivity contribution is -0.166. The number of ether oxygens (including phenoxy) is 2. The van der Waals surface area contributed by atoms with Gasteiger partial charge in [-0.2, -0.15) is 0 Å². The van der Waals surface area contributed by atoms with Gasteiger partial charge in [-0.05, 0) is 99.7 Å². The number of piperazine rings is 1. The number of amides is 3. The van der Waals surface area contributed by atoms with Crippen molar-refractivity contribution in [2.75, 3.05) is 33.3 Å². The number of hydrogen-bond acceptors (Lipinski definition) is 7. The molecule has 3 aliphatic rings. The highest BCUT2D eigenvalue weighted by molar-refractivity contribution is 6.00. The molecule has 1 saturated carbocycles. The minimum atomic E-state index is -0.894. The third-order valence-corrected chi connectivity index (χ3v) is 10.0. The number of nitrogens with zero attached hydrogens (tertiary/aromatic N) is 2. The summed E-state index contributed by atoms with van der Waals surface area (Å²) in [5.41, 5.74) is 0.828. The van der Waals surface area contributed by atoms with Gasteiger partial charge in [-0.3, -0.25) is 19.3 Å². The molecule has 1 spiro atoms. The minimum Gasteiger partial charge on any atom is -0.457 e. The van der Waals surface area contributed by atoms with Crippen molar-refractivity contribution in [1.82, 2.24) is 20.4 Å². The highest BCUT2D eigenvalue weighted by Crippen LogP contribution is 2.37. The maximum absolute atomic E-state index is 14.0. The third-order valence-electron chi connectivity index (χ3n) is 10.0. The lowest BCUT2D eigenvalue weighted by atomic mass is 9.77. The zero-order chi connectivity index (χ0) is 32.7. The van der Waals surface area contributed by atoms with Crippen LogP contribution in [0.5, 0.6) is 11.5 Å². The van der Waals surface area contributed by atoms with Crippen molar-refractivity contribution in [3.8, 4) is 11.5 Å². The van der Waals surface area contributed by atoms with E-state index in [9.17, 15) is 19.5 Å². The number of carbonyl (C=O) groups excluding carboxylic acids is 3. The number of nitrogens with one attached hydrogen (secondary N) is 2. The maximum atomic E-state index is 14.0. The SMILES string of the molecule is CCCCN1C(=O)[C@@H]([C@H](O)[C@H]2CC[C@H](OCC)CC2)NC(=O)C12CCN(Cc1ccc(Oc3ccc(C(=O)NC)cc3)cc1)CC2.Cl. The van der Waals surface area contributed by atoms with E-state index in [2.05, 4.69) is 22.5 Å². The quantitative estimate of drug-likeness (QED) is 0.300. The molecule has 2 aromatic rings. The minimum absolute atomic E-state index is 0. The third kappa shape index (κ3) is 8.46. The fourth-order valence-electron chi connectivity index (χ4n) is 7.27. The molecular formula is C36H51ClN4O6. The zero-order valence-corrected chi connectivity index (χ0v) is 28.7. The van der Waals surface area contributed by atoms with Gasteiger partial charge >= 0.3 is 0 Å². The molecule has 2 atom stereocenters. The van der Waals surface area contributed by atoms with Crippen LogP contribution in [0.15, 0.2) is 48.5 Å². The van der Waals surface area contributed by atoms with Crippen LogP contribution in [0.2, 0.25) is 0 Å². The van der Waals surface area contributed by atoms with Crippen LogP contribution in [0.25, 0.3) is 0 Å². The Labute approximate surface area is 285 Å². The predicted molar refractivity (Wildman–Crippen MR) is 183 cm³/mol. The Balaban J connectivity index is 0.00000500. The molecule has 47 heavy (non-hydrogen) atoms. The Morgan fingerprint density at radius 1 is 1.00 bits per heavy atom. The van der Waals surface area contributed by atoms with E-state index < -0.39 is 17.7 Å². The molecule has 0 bridgehead atoms. The van der Waals surface area contributed by atoms with Crippen molar-refractivity contribution in [2.45, 2.75) is 95.5 Å². The molecule has 2 heterocycles. The first-order chi connectivity index (χ1) is 22.3. The fraction of sp³-hybridized carbons (Fsp3) is 0.583. The highest BCUT2D eigenvalue weighted by atomic mass is 35.5. The maximum Gasteiger partial charge on any atom is 0.251 e.